The minimum atomic E-state index is -3.68. The summed E-state index contributed by atoms with van der Waals surface area (Å²) in [7, 11) is -3.68. The Morgan fingerprint density at radius 2 is 1.73 bits per heavy atom. The van der Waals surface area contributed by atoms with Gasteiger partial charge in [0.15, 0.2) is 0 Å². The Hall–Kier alpha value is -6.32. The van der Waals surface area contributed by atoms with Gasteiger partial charge in [-0.2, -0.15) is 4.98 Å². The van der Waals surface area contributed by atoms with Crippen molar-refractivity contribution in [1.29, 1.82) is 0 Å². The molecule has 1 unspecified atom stereocenters. The van der Waals surface area contributed by atoms with Crippen LogP contribution in [0.25, 0.3) is 0 Å². The zero-order valence-electron chi connectivity index (χ0n) is 33.0. The normalized spacial score (nSPS) is 17.1. The number of anilines is 3. The van der Waals surface area contributed by atoms with E-state index in [4.69, 9.17) is 10.5 Å². The van der Waals surface area contributed by atoms with Gasteiger partial charge >= 0.3 is 0 Å². The molecule has 18 nitrogen and oxygen atoms in total. The fraction of sp³-hybridized carbons (Fsp3) is 0.317. The monoisotopic (exact) mass is 933 g/mol. The van der Waals surface area contributed by atoms with Crippen LogP contribution in [0.5, 0.6) is 5.75 Å². The highest BCUT2D eigenvalue weighted by Crippen LogP contribution is 2.34. The van der Waals surface area contributed by atoms with E-state index in [1.165, 1.54) is 28.7 Å². The summed E-state index contributed by atoms with van der Waals surface area (Å²) < 4.78 is 48.3. The fourth-order valence-corrected chi connectivity index (χ4v) is 9.08. The van der Waals surface area contributed by atoms with Gasteiger partial charge in [-0.25, -0.2) is 22.1 Å². The van der Waals surface area contributed by atoms with Crippen molar-refractivity contribution < 1.29 is 46.3 Å². The standard InChI is InChI=1S/C41H41BrFN9O9S/c42-27-22-46-41(50-36(27)48-29-7-2-6-28(43)34(29)35(44)54)47-25-15-18-51(19-16-25)62(59,60)21-17-45-37(55)24-11-9-23(10-12-24)4-3-20-61-31-8-1-5-26-33(31)40(58)52(39(26)57)30-13-14-32(53)49-38(30)56/h1-2,5-12,22,25,30H,3-4,13-21H2,(H2,44,54)(H,45,55)(H,49,53,56)(H2,46,47,48,50). The van der Waals surface area contributed by atoms with E-state index in [2.05, 4.69) is 47.2 Å². The second-order valence-corrected chi connectivity index (χ2v) is 17.6. The molecule has 0 radical (unpaired) electrons. The number of hydrogen-bond acceptors (Lipinski definition) is 13. The van der Waals surface area contributed by atoms with Gasteiger partial charge in [0, 0.05) is 43.9 Å². The van der Waals surface area contributed by atoms with Gasteiger partial charge in [0.25, 0.3) is 23.6 Å². The topological polar surface area (TPSA) is 252 Å². The molecule has 2 saturated heterocycles. The van der Waals surface area contributed by atoms with Crippen molar-refractivity contribution in [2.45, 2.75) is 50.6 Å². The number of carbonyl (C=O) groups is 6. The Bertz CT molecular complexity index is 2560. The average molecular weight is 935 g/mol. The Kier molecular flexibility index (Phi) is 13.2. The predicted octanol–water partition coefficient (Wildman–Crippen LogP) is 3.27. The highest BCUT2D eigenvalue weighted by Gasteiger charge is 2.46. The van der Waals surface area contributed by atoms with Crippen molar-refractivity contribution in [3.63, 3.8) is 0 Å². The number of piperidine rings is 2. The Labute approximate surface area is 363 Å². The highest BCUT2D eigenvalue weighted by molar-refractivity contribution is 9.10. The Balaban J connectivity index is 0.829. The molecule has 3 aromatic carbocycles. The van der Waals surface area contributed by atoms with Crippen molar-refractivity contribution in [2.75, 3.05) is 42.6 Å². The zero-order valence-corrected chi connectivity index (χ0v) is 35.4. The largest absolute Gasteiger partial charge is 0.493 e. The van der Waals surface area contributed by atoms with E-state index in [1.54, 1.807) is 36.4 Å². The molecule has 1 atom stereocenters. The molecule has 1 aromatic heterocycles. The molecule has 62 heavy (non-hydrogen) atoms. The molecule has 3 aliphatic rings. The van der Waals surface area contributed by atoms with Gasteiger partial charge in [0.2, 0.25) is 27.8 Å². The van der Waals surface area contributed by atoms with E-state index >= 15 is 0 Å². The van der Waals surface area contributed by atoms with Gasteiger partial charge in [0.1, 0.15) is 23.4 Å². The van der Waals surface area contributed by atoms with Crippen LogP contribution >= 0.6 is 15.9 Å². The molecular formula is C41H41BrFN9O9S. The number of sulfonamides is 1. The number of halogens is 2. The van der Waals surface area contributed by atoms with Crippen LogP contribution in [0.4, 0.5) is 21.8 Å². The first kappa shape index (κ1) is 43.8. The molecule has 6 amide bonds. The van der Waals surface area contributed by atoms with Crippen LogP contribution in [0.3, 0.4) is 0 Å². The molecule has 0 bridgehead atoms. The van der Waals surface area contributed by atoms with Gasteiger partial charge in [0.05, 0.1) is 39.2 Å². The number of carbonyl (C=O) groups excluding carboxylic acids is 6. The summed E-state index contributed by atoms with van der Waals surface area (Å²) in [6, 6.07) is 14.3. The number of nitrogens with two attached hydrogens (primary N) is 1. The van der Waals surface area contributed by atoms with E-state index in [9.17, 15) is 41.6 Å². The quantitative estimate of drug-likeness (QED) is 0.0801. The van der Waals surface area contributed by atoms with E-state index in [0.717, 1.165) is 16.5 Å². The smallest absolute Gasteiger partial charge is 0.266 e. The Morgan fingerprint density at radius 3 is 2.45 bits per heavy atom. The maximum atomic E-state index is 14.3. The third kappa shape index (κ3) is 9.74. The lowest BCUT2D eigenvalue weighted by molar-refractivity contribution is -0.136. The third-order valence-electron chi connectivity index (χ3n) is 10.6. The van der Waals surface area contributed by atoms with Crippen LogP contribution in [0.1, 0.15) is 79.1 Å². The van der Waals surface area contributed by atoms with Crippen LogP contribution in [-0.2, 0) is 26.0 Å². The number of imide groups is 2. The summed E-state index contributed by atoms with van der Waals surface area (Å²) in [6.07, 6.45) is 3.58. The lowest BCUT2D eigenvalue weighted by Gasteiger charge is -2.31. The second kappa shape index (κ2) is 18.7. The number of aryl methyl sites for hydroxylation is 1. The number of ether oxygens (including phenoxy) is 1. The predicted molar refractivity (Wildman–Crippen MR) is 226 cm³/mol. The molecule has 6 N–H and O–H groups in total. The number of nitrogens with zero attached hydrogens (tertiary/aromatic N) is 4. The van der Waals surface area contributed by atoms with E-state index in [0.29, 0.717) is 35.7 Å². The molecule has 4 heterocycles. The lowest BCUT2D eigenvalue weighted by atomic mass is 10.0. The molecule has 7 rings (SSSR count). The molecule has 2 fully saturated rings. The van der Waals surface area contributed by atoms with Crippen molar-refractivity contribution in [3.05, 3.63) is 105 Å². The maximum absolute atomic E-state index is 14.3. The number of aromatic nitrogens is 2. The van der Waals surface area contributed by atoms with Crippen molar-refractivity contribution in [1.82, 2.24) is 29.8 Å². The SMILES string of the molecule is NC(=O)c1c(F)cccc1Nc1nc(NC2CCN(S(=O)(=O)CCNC(=O)c3ccc(CCCOc4cccc5c4C(=O)N(C4CCC(=O)NC4=O)C5=O)cc3)CC2)ncc1Br. The molecule has 324 valence electrons. The van der Waals surface area contributed by atoms with Gasteiger partial charge in [-0.15, -0.1) is 0 Å². The van der Waals surface area contributed by atoms with E-state index in [1.807, 2.05) is 0 Å². The van der Waals surface area contributed by atoms with Crippen molar-refractivity contribution in [3.8, 4) is 5.75 Å². The molecule has 0 spiro atoms. The van der Waals surface area contributed by atoms with Gasteiger partial charge in [-0.05, 0) is 90.0 Å². The molecule has 0 aliphatic carbocycles. The summed E-state index contributed by atoms with van der Waals surface area (Å²) in [5, 5.41) is 11.0. The van der Waals surface area contributed by atoms with Gasteiger partial charge < -0.3 is 26.4 Å². The minimum Gasteiger partial charge on any atom is -0.493 e. The first-order valence-electron chi connectivity index (χ1n) is 19.7. The summed E-state index contributed by atoms with van der Waals surface area (Å²) in [6.45, 7) is 0.593. The second-order valence-electron chi connectivity index (χ2n) is 14.7. The first-order valence-corrected chi connectivity index (χ1v) is 22.1. The van der Waals surface area contributed by atoms with E-state index < -0.39 is 57.3 Å². The van der Waals surface area contributed by atoms with Crippen molar-refractivity contribution in [2.24, 2.45) is 5.73 Å². The molecule has 4 aromatic rings. The molecular weight excluding hydrogens is 893 g/mol. The number of fused-ring (bicyclic) bond motifs is 1. The molecule has 3 aliphatic heterocycles. The molecule has 0 saturated carbocycles. The maximum Gasteiger partial charge on any atom is 0.266 e. The number of benzene rings is 3. The summed E-state index contributed by atoms with van der Waals surface area (Å²) in [4.78, 5) is 84.7. The average Bonchev–Trinajstić information content (AvgIpc) is 3.49. The van der Waals surface area contributed by atoms with Gasteiger partial charge in [-0.1, -0.05) is 24.3 Å². The lowest BCUT2D eigenvalue weighted by Crippen LogP contribution is -2.54. The zero-order chi connectivity index (χ0) is 44.1. The summed E-state index contributed by atoms with van der Waals surface area (Å²) in [5.41, 5.74) is 6.65. The first-order chi connectivity index (χ1) is 29.7. The van der Waals surface area contributed by atoms with Gasteiger partial charge in [-0.3, -0.25) is 39.0 Å². The third-order valence-corrected chi connectivity index (χ3v) is 13.0. The Morgan fingerprint density at radius 1 is 0.984 bits per heavy atom. The minimum absolute atomic E-state index is 0.0189. The number of rotatable bonds is 16. The number of hydrogen-bond donors (Lipinski definition) is 5. The van der Waals surface area contributed by atoms with Crippen LogP contribution in [0, 0.1) is 5.82 Å². The van der Waals surface area contributed by atoms with Crippen LogP contribution in [0.2, 0.25) is 0 Å². The van der Waals surface area contributed by atoms with Crippen LogP contribution < -0.4 is 31.7 Å². The van der Waals surface area contributed by atoms with Crippen LogP contribution in [0.15, 0.2) is 71.3 Å². The highest BCUT2D eigenvalue weighted by atomic mass is 79.9. The number of primary amides is 1. The van der Waals surface area contributed by atoms with Crippen molar-refractivity contribution >= 4 is 78.8 Å². The number of nitrogens with one attached hydrogen (secondary N) is 4. The summed E-state index contributed by atoms with van der Waals surface area (Å²) >= 11 is 3.35. The van der Waals surface area contributed by atoms with Crippen LogP contribution in [-0.4, -0.2) is 107 Å². The number of amides is 6. The summed E-state index contributed by atoms with van der Waals surface area (Å²) in [5.74, 6) is -4.13. The van der Waals surface area contributed by atoms with E-state index in [-0.39, 0.29) is 90.8 Å². The molecule has 21 heteroatoms. The fourth-order valence-electron chi connectivity index (χ4n) is 7.40.